The van der Waals surface area contributed by atoms with E-state index in [4.69, 9.17) is 9.84 Å². The van der Waals surface area contributed by atoms with Gasteiger partial charge >= 0.3 is 0 Å². The van der Waals surface area contributed by atoms with Crippen LogP contribution in [0.2, 0.25) is 0 Å². The van der Waals surface area contributed by atoms with Gasteiger partial charge in [-0.3, -0.25) is 9.48 Å². The van der Waals surface area contributed by atoms with Crippen molar-refractivity contribution in [1.82, 2.24) is 14.7 Å². The third kappa shape index (κ3) is 5.42. The molecule has 0 saturated carbocycles. The Balaban J connectivity index is 1.39. The second kappa shape index (κ2) is 9.34. The summed E-state index contributed by atoms with van der Waals surface area (Å²) in [6, 6.07) is 7.82. The quantitative estimate of drug-likeness (QED) is 0.665. The summed E-state index contributed by atoms with van der Waals surface area (Å²) in [5, 5.41) is 4.74. The van der Waals surface area contributed by atoms with Crippen LogP contribution < -0.4 is 9.64 Å². The molecule has 0 N–H and O–H groups in total. The molecule has 0 spiro atoms. The summed E-state index contributed by atoms with van der Waals surface area (Å²) in [5.74, 6) is -0.815. The molecule has 0 radical (unpaired) electrons. The van der Waals surface area contributed by atoms with E-state index in [9.17, 15) is 13.6 Å². The maximum atomic E-state index is 13.4. The zero-order valence-corrected chi connectivity index (χ0v) is 18.0. The average molecular weight is 433 g/mol. The van der Waals surface area contributed by atoms with Crippen LogP contribution in [0.25, 0.3) is 0 Å². The third-order valence-electron chi connectivity index (χ3n) is 6.17. The number of ketones is 1. The standard InChI is InChI=1S/C23H30F2N4O2/c1-31-19-7-5-18(6-8-19)16-29-17-20-21(30)4-2-12-28(22(20)26-29)13-3-11-27-14-9-23(24,25)10-15-27/h5-8,17H,2-4,9-16H2,1H3. The number of rotatable bonds is 7. The molecular formula is C23H30F2N4O2. The molecular weight excluding hydrogens is 402 g/mol. The van der Waals surface area contributed by atoms with Crippen LogP contribution in [0.5, 0.6) is 5.75 Å². The molecule has 0 amide bonds. The summed E-state index contributed by atoms with van der Waals surface area (Å²) in [7, 11) is 1.64. The minimum atomic E-state index is -2.51. The highest BCUT2D eigenvalue weighted by Gasteiger charge is 2.33. The molecule has 31 heavy (non-hydrogen) atoms. The van der Waals surface area contributed by atoms with E-state index < -0.39 is 5.92 Å². The number of likely N-dealkylation sites (tertiary alicyclic amines) is 1. The molecule has 2 aromatic rings. The van der Waals surface area contributed by atoms with Gasteiger partial charge in [-0.1, -0.05) is 12.1 Å². The van der Waals surface area contributed by atoms with Gasteiger partial charge in [0, 0.05) is 51.6 Å². The molecule has 0 aliphatic carbocycles. The van der Waals surface area contributed by atoms with Crippen molar-refractivity contribution in [2.45, 2.75) is 44.6 Å². The van der Waals surface area contributed by atoms with Gasteiger partial charge in [0.2, 0.25) is 0 Å². The Kier molecular flexibility index (Phi) is 6.55. The van der Waals surface area contributed by atoms with E-state index in [0.29, 0.717) is 31.6 Å². The Morgan fingerprint density at radius 3 is 2.55 bits per heavy atom. The number of benzene rings is 1. The highest BCUT2D eigenvalue weighted by Crippen LogP contribution is 2.28. The van der Waals surface area contributed by atoms with Gasteiger partial charge in [-0.05, 0) is 37.1 Å². The van der Waals surface area contributed by atoms with Gasteiger partial charge in [0.25, 0.3) is 5.92 Å². The fourth-order valence-corrected chi connectivity index (χ4v) is 4.32. The van der Waals surface area contributed by atoms with Gasteiger partial charge in [0.05, 0.1) is 19.2 Å². The number of hydrogen-bond donors (Lipinski definition) is 0. The number of carbonyl (C=O) groups is 1. The van der Waals surface area contributed by atoms with Crippen LogP contribution in [0.1, 0.15) is 48.0 Å². The van der Waals surface area contributed by atoms with E-state index in [1.807, 2.05) is 35.1 Å². The molecule has 0 unspecified atom stereocenters. The Labute approximate surface area is 181 Å². The number of hydrogen-bond acceptors (Lipinski definition) is 5. The zero-order chi connectivity index (χ0) is 21.8. The topological polar surface area (TPSA) is 50.6 Å². The van der Waals surface area contributed by atoms with Gasteiger partial charge in [-0.25, -0.2) is 8.78 Å². The van der Waals surface area contributed by atoms with Gasteiger partial charge < -0.3 is 14.5 Å². The number of ether oxygens (including phenoxy) is 1. The molecule has 2 aliphatic rings. The lowest BCUT2D eigenvalue weighted by Crippen LogP contribution is -2.40. The summed E-state index contributed by atoms with van der Waals surface area (Å²) in [5.41, 5.74) is 1.77. The maximum Gasteiger partial charge on any atom is 0.250 e. The average Bonchev–Trinajstić information content (AvgIpc) is 3.12. The fraction of sp³-hybridized carbons (Fsp3) is 0.565. The van der Waals surface area contributed by atoms with Gasteiger partial charge in [0.15, 0.2) is 11.6 Å². The lowest BCUT2D eigenvalue weighted by Gasteiger charge is -2.32. The van der Waals surface area contributed by atoms with E-state index in [1.165, 1.54) is 0 Å². The van der Waals surface area contributed by atoms with Crippen LogP contribution in [0, 0.1) is 0 Å². The first-order valence-electron chi connectivity index (χ1n) is 11.0. The van der Waals surface area contributed by atoms with Crippen molar-refractivity contribution in [3.05, 3.63) is 41.6 Å². The van der Waals surface area contributed by atoms with Crippen molar-refractivity contribution < 1.29 is 18.3 Å². The number of nitrogens with zero attached hydrogens (tertiary/aromatic N) is 4. The van der Waals surface area contributed by atoms with Crippen molar-refractivity contribution >= 4 is 11.6 Å². The van der Waals surface area contributed by atoms with Crippen molar-refractivity contribution in [3.8, 4) is 5.75 Å². The lowest BCUT2D eigenvalue weighted by atomic mass is 10.1. The molecule has 1 aromatic carbocycles. The number of carbonyl (C=O) groups excluding carboxylic acids is 1. The van der Waals surface area contributed by atoms with Gasteiger partial charge in [-0.15, -0.1) is 0 Å². The third-order valence-corrected chi connectivity index (χ3v) is 6.17. The molecule has 8 heteroatoms. The molecule has 3 heterocycles. The monoisotopic (exact) mass is 432 g/mol. The van der Waals surface area contributed by atoms with Crippen LogP contribution in [0.4, 0.5) is 14.6 Å². The van der Waals surface area contributed by atoms with Crippen LogP contribution in [-0.2, 0) is 6.54 Å². The highest BCUT2D eigenvalue weighted by molar-refractivity contribution is 6.01. The number of alkyl halides is 2. The predicted octanol–water partition coefficient (Wildman–Crippen LogP) is 3.84. The van der Waals surface area contributed by atoms with E-state index in [2.05, 4.69) is 9.80 Å². The minimum Gasteiger partial charge on any atom is -0.497 e. The van der Waals surface area contributed by atoms with Crippen LogP contribution in [-0.4, -0.2) is 66.2 Å². The van der Waals surface area contributed by atoms with E-state index in [-0.39, 0.29) is 18.6 Å². The SMILES string of the molecule is COc1ccc(Cn2cc3c(n2)N(CCCN2CCC(F)(F)CC2)CCCC3=O)cc1. The first kappa shape index (κ1) is 21.7. The molecule has 4 rings (SSSR count). The molecule has 0 bridgehead atoms. The second-order valence-electron chi connectivity index (χ2n) is 8.48. The lowest BCUT2D eigenvalue weighted by molar-refractivity contribution is -0.0550. The number of fused-ring (bicyclic) bond motifs is 1. The normalized spacial score (nSPS) is 19.2. The van der Waals surface area contributed by atoms with Crippen LogP contribution in [0.3, 0.4) is 0 Å². The first-order valence-corrected chi connectivity index (χ1v) is 11.0. The predicted molar refractivity (Wildman–Crippen MR) is 115 cm³/mol. The fourth-order valence-electron chi connectivity index (χ4n) is 4.32. The summed E-state index contributed by atoms with van der Waals surface area (Å²) in [4.78, 5) is 16.9. The zero-order valence-electron chi connectivity index (χ0n) is 18.0. The highest BCUT2D eigenvalue weighted by atomic mass is 19.3. The van der Waals surface area contributed by atoms with Crippen molar-refractivity contribution in [1.29, 1.82) is 0 Å². The Morgan fingerprint density at radius 1 is 1.10 bits per heavy atom. The summed E-state index contributed by atoms with van der Waals surface area (Å²) < 4.78 is 33.7. The smallest absolute Gasteiger partial charge is 0.250 e. The van der Waals surface area contributed by atoms with Crippen LogP contribution in [0.15, 0.2) is 30.5 Å². The number of piperidine rings is 1. The largest absolute Gasteiger partial charge is 0.497 e. The molecule has 1 aromatic heterocycles. The first-order chi connectivity index (χ1) is 14.9. The number of anilines is 1. The van der Waals surface area contributed by atoms with E-state index in [1.54, 1.807) is 7.11 Å². The van der Waals surface area contributed by atoms with Crippen LogP contribution >= 0.6 is 0 Å². The van der Waals surface area contributed by atoms with E-state index in [0.717, 1.165) is 49.6 Å². The second-order valence-corrected chi connectivity index (χ2v) is 8.48. The Bertz CT molecular complexity index is 887. The number of halogens is 2. The summed E-state index contributed by atoms with van der Waals surface area (Å²) in [6.45, 7) is 3.84. The minimum absolute atomic E-state index is 0.0505. The van der Waals surface area contributed by atoms with E-state index >= 15 is 0 Å². The Hall–Kier alpha value is -2.48. The van der Waals surface area contributed by atoms with Crippen molar-refractivity contribution in [3.63, 3.8) is 0 Å². The molecule has 0 atom stereocenters. The maximum absolute atomic E-state index is 13.4. The molecule has 2 aliphatic heterocycles. The number of aromatic nitrogens is 2. The molecule has 6 nitrogen and oxygen atoms in total. The number of Topliss-reactive ketones (excluding diaryl/α,β-unsaturated/α-hetero) is 1. The van der Waals surface area contributed by atoms with Gasteiger partial charge in [0.1, 0.15) is 5.75 Å². The summed E-state index contributed by atoms with van der Waals surface area (Å²) >= 11 is 0. The molecule has 1 saturated heterocycles. The Morgan fingerprint density at radius 2 is 1.84 bits per heavy atom. The molecule has 168 valence electrons. The summed E-state index contributed by atoms with van der Waals surface area (Å²) in [6.07, 6.45) is 3.95. The van der Waals surface area contributed by atoms with Crippen molar-refractivity contribution in [2.24, 2.45) is 0 Å². The van der Waals surface area contributed by atoms with Crippen molar-refractivity contribution in [2.75, 3.05) is 44.7 Å². The number of methoxy groups -OCH3 is 1. The molecule has 1 fully saturated rings. The van der Waals surface area contributed by atoms with Gasteiger partial charge in [-0.2, -0.15) is 5.10 Å².